The molecule has 1 heterocycles. The molecule has 0 aliphatic carbocycles. The van der Waals surface area contributed by atoms with Gasteiger partial charge in [0.2, 0.25) is 20.0 Å². The average Bonchev–Trinajstić information content (AvgIpc) is 3.00. The van der Waals surface area contributed by atoms with Gasteiger partial charge in [-0.3, -0.25) is 0 Å². The number of benzene rings is 3. The second kappa shape index (κ2) is 12.5. The number of nitrogens with zero attached hydrogens (tertiary/aromatic N) is 3. The second-order valence-electron chi connectivity index (χ2n) is 11.0. The molecule has 8 nitrogen and oxygen atoms in total. The van der Waals surface area contributed by atoms with Gasteiger partial charge in [-0.15, -0.1) is 0 Å². The summed E-state index contributed by atoms with van der Waals surface area (Å²) in [4.78, 5) is 2.44. The number of hydrogen-bond acceptors (Lipinski definition) is 6. The molecule has 0 aromatic heterocycles. The molecule has 1 aliphatic rings. The van der Waals surface area contributed by atoms with E-state index in [1.54, 1.807) is 44.5 Å². The van der Waals surface area contributed by atoms with Crippen molar-refractivity contribution in [2.24, 2.45) is 0 Å². The quantitative estimate of drug-likeness (QED) is 0.316. The molecule has 3 aromatic carbocycles. The molecule has 41 heavy (non-hydrogen) atoms. The van der Waals surface area contributed by atoms with E-state index in [1.165, 1.54) is 8.61 Å². The van der Waals surface area contributed by atoms with Gasteiger partial charge in [-0.1, -0.05) is 63.2 Å². The Balaban J connectivity index is 1.48. The van der Waals surface area contributed by atoms with Crippen LogP contribution in [-0.2, 0) is 31.9 Å². The van der Waals surface area contributed by atoms with Crippen LogP contribution in [0.3, 0.4) is 0 Å². The van der Waals surface area contributed by atoms with Gasteiger partial charge in [0.1, 0.15) is 5.75 Å². The molecule has 0 saturated carbocycles. The summed E-state index contributed by atoms with van der Waals surface area (Å²) in [5.41, 5.74) is 2.79. The number of hydrogen-bond donors (Lipinski definition) is 0. The molecule has 0 N–H and O–H groups in total. The minimum atomic E-state index is -3.74. The van der Waals surface area contributed by atoms with E-state index in [9.17, 15) is 16.8 Å². The first-order valence-corrected chi connectivity index (χ1v) is 16.8. The van der Waals surface area contributed by atoms with E-state index in [1.807, 2.05) is 47.4 Å². The molecule has 4 rings (SSSR count). The summed E-state index contributed by atoms with van der Waals surface area (Å²) in [6.45, 7) is 8.13. The fourth-order valence-corrected chi connectivity index (χ4v) is 7.52. The number of likely N-dealkylation sites (N-methyl/N-ethyl adjacent to an activating group) is 1. The van der Waals surface area contributed by atoms with Crippen LogP contribution in [0.25, 0.3) is 0 Å². The first-order chi connectivity index (χ1) is 19.4. The number of ether oxygens (including phenoxy) is 1. The van der Waals surface area contributed by atoms with Gasteiger partial charge in [-0.25, -0.2) is 21.1 Å². The summed E-state index contributed by atoms with van der Waals surface area (Å²) < 4.78 is 62.1. The molecule has 1 fully saturated rings. The monoisotopic (exact) mass is 599 g/mol. The molecular weight excluding hydrogens is 558 g/mol. The van der Waals surface area contributed by atoms with E-state index < -0.39 is 20.0 Å². The fraction of sp³-hybridized carbons (Fsp3) is 0.419. The van der Waals surface area contributed by atoms with Gasteiger partial charge in [0.05, 0.1) is 22.6 Å². The van der Waals surface area contributed by atoms with E-state index >= 15 is 0 Å². The molecule has 222 valence electrons. The SMILES string of the molecule is CCC(C)(C)c1ccc(S(=O)(=O)N2CCN(c3cc(S(=O)(=O)N(C)CCc4ccccc4)ccc3OC)CC2)cc1. The minimum absolute atomic E-state index is 0.0221. The Bertz CT molecular complexity index is 1530. The van der Waals surface area contributed by atoms with Gasteiger partial charge in [-0.05, 0) is 59.7 Å². The third kappa shape index (κ3) is 6.77. The summed E-state index contributed by atoms with van der Waals surface area (Å²) in [6.07, 6.45) is 1.56. The minimum Gasteiger partial charge on any atom is -0.495 e. The largest absolute Gasteiger partial charge is 0.495 e. The zero-order chi connectivity index (χ0) is 29.8. The highest BCUT2D eigenvalue weighted by Crippen LogP contribution is 2.34. The Kier molecular flexibility index (Phi) is 9.48. The molecule has 1 saturated heterocycles. The van der Waals surface area contributed by atoms with E-state index in [2.05, 4.69) is 20.8 Å². The van der Waals surface area contributed by atoms with Crippen LogP contribution in [0.5, 0.6) is 5.75 Å². The molecule has 0 unspecified atom stereocenters. The fourth-order valence-electron chi connectivity index (χ4n) is 4.91. The van der Waals surface area contributed by atoms with E-state index in [0.29, 0.717) is 37.5 Å². The third-order valence-corrected chi connectivity index (χ3v) is 11.9. The lowest BCUT2D eigenvalue weighted by Crippen LogP contribution is -2.48. The molecule has 10 heteroatoms. The van der Waals surface area contributed by atoms with Crippen molar-refractivity contribution in [1.82, 2.24) is 8.61 Å². The van der Waals surface area contributed by atoms with Crippen molar-refractivity contribution in [3.05, 3.63) is 83.9 Å². The smallest absolute Gasteiger partial charge is 0.243 e. The lowest BCUT2D eigenvalue weighted by Gasteiger charge is -2.36. The van der Waals surface area contributed by atoms with Gasteiger partial charge in [0, 0.05) is 39.8 Å². The molecule has 3 aromatic rings. The third-order valence-electron chi connectivity index (χ3n) is 8.15. The van der Waals surface area contributed by atoms with Crippen LogP contribution >= 0.6 is 0 Å². The van der Waals surface area contributed by atoms with Gasteiger partial charge in [-0.2, -0.15) is 4.31 Å². The maximum Gasteiger partial charge on any atom is 0.243 e. The molecule has 0 amide bonds. The highest BCUT2D eigenvalue weighted by Gasteiger charge is 2.31. The molecule has 0 radical (unpaired) electrons. The van der Waals surface area contributed by atoms with E-state index in [4.69, 9.17) is 4.74 Å². The second-order valence-corrected chi connectivity index (χ2v) is 15.0. The van der Waals surface area contributed by atoms with Crippen molar-refractivity contribution in [1.29, 1.82) is 0 Å². The first kappa shape index (κ1) is 31.0. The molecule has 0 bridgehead atoms. The lowest BCUT2D eigenvalue weighted by molar-refractivity contribution is 0.378. The summed E-state index contributed by atoms with van der Waals surface area (Å²) in [6, 6.07) is 21.8. The first-order valence-electron chi connectivity index (χ1n) is 13.9. The van der Waals surface area contributed by atoms with Crippen LogP contribution in [0.1, 0.15) is 38.3 Å². The van der Waals surface area contributed by atoms with Crippen molar-refractivity contribution in [2.75, 3.05) is 51.8 Å². The molecule has 0 atom stereocenters. The van der Waals surface area contributed by atoms with Crippen molar-refractivity contribution >= 4 is 25.7 Å². The van der Waals surface area contributed by atoms with Crippen LogP contribution in [0.2, 0.25) is 0 Å². The van der Waals surface area contributed by atoms with Crippen molar-refractivity contribution in [2.45, 2.75) is 48.8 Å². The number of rotatable bonds is 11. The predicted molar refractivity (Wildman–Crippen MR) is 164 cm³/mol. The number of piperazine rings is 1. The summed E-state index contributed by atoms with van der Waals surface area (Å²) in [7, 11) is -4.26. The van der Waals surface area contributed by atoms with Crippen LogP contribution in [0.4, 0.5) is 5.69 Å². The zero-order valence-corrected chi connectivity index (χ0v) is 26.2. The number of sulfonamides is 2. The van der Waals surface area contributed by atoms with Crippen LogP contribution < -0.4 is 9.64 Å². The summed E-state index contributed by atoms with van der Waals surface area (Å²) >= 11 is 0. The molecule has 0 spiro atoms. The van der Waals surface area contributed by atoms with Gasteiger partial charge < -0.3 is 9.64 Å². The maximum atomic E-state index is 13.4. The molecular formula is C31H41N3O5S2. The topological polar surface area (TPSA) is 87.2 Å². The maximum absolute atomic E-state index is 13.4. The molecule has 1 aliphatic heterocycles. The normalized spacial score (nSPS) is 15.3. The van der Waals surface area contributed by atoms with Crippen LogP contribution in [-0.4, -0.2) is 72.3 Å². The Morgan fingerprint density at radius 2 is 1.46 bits per heavy atom. The van der Waals surface area contributed by atoms with Gasteiger partial charge >= 0.3 is 0 Å². The van der Waals surface area contributed by atoms with Crippen LogP contribution in [0, 0.1) is 0 Å². The Morgan fingerprint density at radius 3 is 2.05 bits per heavy atom. The Labute approximate surface area is 245 Å². The van der Waals surface area contributed by atoms with E-state index in [-0.39, 0.29) is 28.3 Å². The summed E-state index contributed by atoms with van der Waals surface area (Å²) in [5.74, 6) is 0.543. The average molecular weight is 600 g/mol. The van der Waals surface area contributed by atoms with Crippen LogP contribution in [0.15, 0.2) is 82.6 Å². The summed E-state index contributed by atoms with van der Waals surface area (Å²) in [5, 5.41) is 0. The highest BCUT2D eigenvalue weighted by molar-refractivity contribution is 7.89. The zero-order valence-electron chi connectivity index (χ0n) is 24.6. The number of anilines is 1. The van der Waals surface area contributed by atoms with E-state index in [0.717, 1.165) is 17.5 Å². The number of methoxy groups -OCH3 is 1. The standard InChI is InChI=1S/C31H41N3O5S2/c1-6-31(2,3)26-12-14-27(15-13-26)41(37,38)34-22-20-33(21-23-34)29-24-28(16-17-30(29)39-5)40(35,36)32(4)19-18-25-10-8-7-9-11-25/h7-17,24H,6,18-23H2,1-5H3. The van der Waals surface area contributed by atoms with Crippen molar-refractivity contribution in [3.63, 3.8) is 0 Å². The highest BCUT2D eigenvalue weighted by atomic mass is 32.2. The van der Waals surface area contributed by atoms with Crippen molar-refractivity contribution in [3.8, 4) is 5.75 Å². The Morgan fingerprint density at radius 1 is 0.854 bits per heavy atom. The van der Waals surface area contributed by atoms with Crippen molar-refractivity contribution < 1.29 is 21.6 Å². The lowest BCUT2D eigenvalue weighted by atomic mass is 9.82. The van der Waals surface area contributed by atoms with Gasteiger partial charge in [0.15, 0.2) is 0 Å². The van der Waals surface area contributed by atoms with Gasteiger partial charge in [0.25, 0.3) is 0 Å². The Hall–Kier alpha value is -2.92. The predicted octanol–water partition coefficient (Wildman–Crippen LogP) is 4.76.